The van der Waals surface area contributed by atoms with Gasteiger partial charge in [-0.2, -0.15) is 0 Å². The van der Waals surface area contributed by atoms with Crippen molar-refractivity contribution in [3.8, 4) is 0 Å². The van der Waals surface area contributed by atoms with Gasteiger partial charge in [0.15, 0.2) is 0 Å². The molecule has 0 amide bonds. The van der Waals surface area contributed by atoms with Crippen molar-refractivity contribution in [3.63, 3.8) is 0 Å². The summed E-state index contributed by atoms with van der Waals surface area (Å²) in [6, 6.07) is 15.5. The standard InChI is InChI=1S/C17H16O2/c1-2-15-12-14(10-11-16(15)17(18)19)9-8-13-6-4-3-5-7-13/h3-12H,2H2,1H3,(H,18,19)/b9-8+. The first-order valence-electron chi connectivity index (χ1n) is 6.30. The minimum absolute atomic E-state index is 0.388. The van der Waals surface area contributed by atoms with Crippen LogP contribution in [0.5, 0.6) is 0 Å². The van der Waals surface area contributed by atoms with Gasteiger partial charge in [0, 0.05) is 0 Å². The molecular formula is C17H16O2. The van der Waals surface area contributed by atoms with E-state index in [1.807, 2.05) is 61.5 Å². The summed E-state index contributed by atoms with van der Waals surface area (Å²) in [6.07, 6.45) is 4.74. The Morgan fingerprint density at radius 1 is 1.05 bits per heavy atom. The van der Waals surface area contributed by atoms with Gasteiger partial charge in [0.2, 0.25) is 0 Å². The van der Waals surface area contributed by atoms with Crippen molar-refractivity contribution in [2.24, 2.45) is 0 Å². The molecule has 2 heteroatoms. The molecule has 0 saturated heterocycles. The molecule has 0 spiro atoms. The Hall–Kier alpha value is -2.35. The Balaban J connectivity index is 2.27. The number of hydrogen-bond donors (Lipinski definition) is 1. The van der Waals surface area contributed by atoms with Crippen molar-refractivity contribution in [2.45, 2.75) is 13.3 Å². The molecular weight excluding hydrogens is 236 g/mol. The number of carbonyl (C=O) groups is 1. The average molecular weight is 252 g/mol. The van der Waals surface area contributed by atoms with Gasteiger partial charge in [0.05, 0.1) is 5.56 Å². The van der Waals surface area contributed by atoms with Gasteiger partial charge in [-0.1, -0.05) is 61.5 Å². The predicted octanol–water partition coefficient (Wildman–Crippen LogP) is 4.12. The molecule has 0 radical (unpaired) electrons. The van der Waals surface area contributed by atoms with Crippen molar-refractivity contribution in [2.75, 3.05) is 0 Å². The molecule has 19 heavy (non-hydrogen) atoms. The highest BCUT2D eigenvalue weighted by Crippen LogP contribution is 2.15. The lowest BCUT2D eigenvalue weighted by molar-refractivity contribution is 0.0696. The van der Waals surface area contributed by atoms with E-state index >= 15 is 0 Å². The Bertz CT molecular complexity index is 598. The molecule has 1 N–H and O–H groups in total. The van der Waals surface area contributed by atoms with Crippen LogP contribution in [0.4, 0.5) is 0 Å². The zero-order chi connectivity index (χ0) is 13.7. The van der Waals surface area contributed by atoms with Crippen LogP contribution in [0.1, 0.15) is 34.0 Å². The maximum absolute atomic E-state index is 11.1. The molecule has 0 aliphatic rings. The number of aryl methyl sites for hydroxylation is 1. The highest BCUT2D eigenvalue weighted by atomic mass is 16.4. The molecule has 0 heterocycles. The number of aromatic carboxylic acids is 1. The van der Waals surface area contributed by atoms with Crippen molar-refractivity contribution < 1.29 is 9.90 Å². The normalized spacial score (nSPS) is 10.8. The number of hydrogen-bond acceptors (Lipinski definition) is 1. The van der Waals surface area contributed by atoms with Crippen molar-refractivity contribution >= 4 is 18.1 Å². The molecule has 0 saturated carbocycles. The van der Waals surface area contributed by atoms with E-state index in [-0.39, 0.29) is 0 Å². The Morgan fingerprint density at radius 3 is 2.37 bits per heavy atom. The number of carboxylic acid groups (broad SMARTS) is 1. The SMILES string of the molecule is CCc1cc(/C=C/c2ccccc2)ccc1C(=O)O. The maximum atomic E-state index is 11.1. The predicted molar refractivity (Wildman–Crippen MR) is 78.1 cm³/mol. The number of rotatable bonds is 4. The molecule has 0 atom stereocenters. The van der Waals surface area contributed by atoms with Crippen LogP contribution < -0.4 is 0 Å². The monoisotopic (exact) mass is 252 g/mol. The smallest absolute Gasteiger partial charge is 0.335 e. The second-order valence-electron chi connectivity index (χ2n) is 4.32. The third kappa shape index (κ3) is 3.32. The van der Waals surface area contributed by atoms with E-state index in [4.69, 9.17) is 5.11 Å². The Labute approximate surface area is 113 Å². The summed E-state index contributed by atoms with van der Waals surface area (Å²) in [4.78, 5) is 11.1. The van der Waals surface area contributed by atoms with E-state index in [2.05, 4.69) is 0 Å². The van der Waals surface area contributed by atoms with Crippen molar-refractivity contribution in [3.05, 3.63) is 70.8 Å². The van der Waals surface area contributed by atoms with Gasteiger partial charge >= 0.3 is 5.97 Å². The average Bonchev–Trinajstić information content (AvgIpc) is 2.45. The molecule has 0 aliphatic heterocycles. The van der Waals surface area contributed by atoms with Gasteiger partial charge < -0.3 is 5.11 Å². The van der Waals surface area contributed by atoms with E-state index in [0.29, 0.717) is 12.0 Å². The zero-order valence-corrected chi connectivity index (χ0v) is 10.8. The summed E-state index contributed by atoms with van der Waals surface area (Å²) in [5.74, 6) is -0.865. The molecule has 0 bridgehead atoms. The third-order valence-electron chi connectivity index (χ3n) is 3.01. The zero-order valence-electron chi connectivity index (χ0n) is 10.8. The van der Waals surface area contributed by atoms with Crippen LogP contribution in [0.2, 0.25) is 0 Å². The fourth-order valence-electron chi connectivity index (χ4n) is 1.98. The minimum atomic E-state index is -0.865. The summed E-state index contributed by atoms with van der Waals surface area (Å²) >= 11 is 0. The van der Waals surface area contributed by atoms with Crippen LogP contribution >= 0.6 is 0 Å². The van der Waals surface area contributed by atoms with Gasteiger partial charge in [0.25, 0.3) is 0 Å². The van der Waals surface area contributed by atoms with Crippen LogP contribution in [-0.4, -0.2) is 11.1 Å². The summed E-state index contributed by atoms with van der Waals surface area (Å²) in [7, 11) is 0. The summed E-state index contributed by atoms with van der Waals surface area (Å²) < 4.78 is 0. The lowest BCUT2D eigenvalue weighted by Crippen LogP contribution is -2.01. The fourth-order valence-corrected chi connectivity index (χ4v) is 1.98. The number of carboxylic acids is 1. The van der Waals surface area contributed by atoms with E-state index in [1.54, 1.807) is 6.07 Å². The van der Waals surface area contributed by atoms with Crippen LogP contribution in [-0.2, 0) is 6.42 Å². The Morgan fingerprint density at radius 2 is 1.74 bits per heavy atom. The first-order chi connectivity index (χ1) is 9.20. The fraction of sp³-hybridized carbons (Fsp3) is 0.118. The molecule has 2 aromatic rings. The van der Waals surface area contributed by atoms with E-state index in [1.165, 1.54) is 0 Å². The molecule has 2 nitrogen and oxygen atoms in total. The van der Waals surface area contributed by atoms with E-state index < -0.39 is 5.97 Å². The topological polar surface area (TPSA) is 37.3 Å². The van der Waals surface area contributed by atoms with Gasteiger partial charge in [-0.15, -0.1) is 0 Å². The quantitative estimate of drug-likeness (QED) is 0.831. The third-order valence-corrected chi connectivity index (χ3v) is 3.01. The molecule has 0 aliphatic carbocycles. The van der Waals surface area contributed by atoms with E-state index in [9.17, 15) is 4.79 Å². The van der Waals surface area contributed by atoms with Crippen LogP contribution in [0.25, 0.3) is 12.2 Å². The summed E-state index contributed by atoms with van der Waals surface area (Å²) in [5, 5.41) is 9.08. The first-order valence-corrected chi connectivity index (χ1v) is 6.30. The first kappa shape index (κ1) is 13.1. The molecule has 0 fully saturated rings. The van der Waals surface area contributed by atoms with Gasteiger partial charge in [-0.05, 0) is 29.2 Å². The number of benzene rings is 2. The molecule has 0 aromatic heterocycles. The minimum Gasteiger partial charge on any atom is -0.478 e. The van der Waals surface area contributed by atoms with Gasteiger partial charge in [0.1, 0.15) is 0 Å². The lowest BCUT2D eigenvalue weighted by atomic mass is 10.0. The summed E-state index contributed by atoms with van der Waals surface area (Å²) in [5.41, 5.74) is 3.40. The maximum Gasteiger partial charge on any atom is 0.335 e. The molecule has 2 rings (SSSR count). The lowest BCUT2D eigenvalue weighted by Gasteiger charge is -2.04. The molecule has 0 unspecified atom stereocenters. The van der Waals surface area contributed by atoms with E-state index in [0.717, 1.165) is 16.7 Å². The second-order valence-corrected chi connectivity index (χ2v) is 4.32. The largest absolute Gasteiger partial charge is 0.478 e. The van der Waals surface area contributed by atoms with Gasteiger partial charge in [-0.3, -0.25) is 0 Å². The summed E-state index contributed by atoms with van der Waals surface area (Å²) in [6.45, 7) is 1.96. The van der Waals surface area contributed by atoms with Crippen LogP contribution in [0.3, 0.4) is 0 Å². The van der Waals surface area contributed by atoms with Crippen LogP contribution in [0.15, 0.2) is 48.5 Å². The van der Waals surface area contributed by atoms with Crippen molar-refractivity contribution in [1.29, 1.82) is 0 Å². The highest BCUT2D eigenvalue weighted by Gasteiger charge is 2.08. The Kier molecular flexibility index (Phi) is 4.14. The highest BCUT2D eigenvalue weighted by molar-refractivity contribution is 5.90. The molecule has 2 aromatic carbocycles. The molecule has 96 valence electrons. The van der Waals surface area contributed by atoms with Crippen LogP contribution in [0, 0.1) is 0 Å². The van der Waals surface area contributed by atoms with Crippen molar-refractivity contribution in [1.82, 2.24) is 0 Å². The second kappa shape index (κ2) is 6.01. The van der Waals surface area contributed by atoms with Gasteiger partial charge in [-0.25, -0.2) is 4.79 Å².